The molecule has 2 N–H and O–H groups in total. The molecule has 4 rings (SSSR count). The number of thiophene rings is 1. The van der Waals surface area contributed by atoms with Gasteiger partial charge in [0.15, 0.2) is 0 Å². The molecule has 1 aliphatic rings. The highest BCUT2D eigenvalue weighted by Crippen LogP contribution is 2.38. The minimum atomic E-state index is -0.0741. The van der Waals surface area contributed by atoms with Crippen molar-refractivity contribution in [1.29, 1.82) is 0 Å². The number of aromatic nitrogens is 1. The standard InChI is InChI=1S/C23H25N3O2S/c1-16-17(2)29-23(25-22(27)18-7-4-3-5-8-18)20(16)21(19-9-6-10-24-15-19)26-11-13-28-14-12-26/h3-10,15,21H,11-14H2,1-2H3,(H,25,27)/p+1/t21-/m1/s1. The number of amides is 1. The topological polar surface area (TPSA) is 55.7 Å². The van der Waals surface area contributed by atoms with Crippen molar-refractivity contribution in [1.82, 2.24) is 4.98 Å². The molecule has 1 amide bonds. The Hall–Kier alpha value is -2.54. The van der Waals surface area contributed by atoms with Crippen LogP contribution in [0.1, 0.15) is 38.0 Å². The molecule has 3 aromatic rings. The average Bonchev–Trinajstić information content (AvgIpc) is 3.04. The molecule has 0 unspecified atom stereocenters. The maximum Gasteiger partial charge on any atom is 0.256 e. The van der Waals surface area contributed by atoms with Crippen LogP contribution in [0.4, 0.5) is 5.00 Å². The van der Waals surface area contributed by atoms with E-state index in [0.29, 0.717) is 5.56 Å². The van der Waals surface area contributed by atoms with Crippen LogP contribution in [-0.2, 0) is 4.74 Å². The van der Waals surface area contributed by atoms with Crippen LogP contribution in [0.3, 0.4) is 0 Å². The van der Waals surface area contributed by atoms with E-state index in [0.717, 1.165) is 31.3 Å². The van der Waals surface area contributed by atoms with Gasteiger partial charge in [-0.3, -0.25) is 9.78 Å². The number of rotatable bonds is 5. The van der Waals surface area contributed by atoms with Gasteiger partial charge >= 0.3 is 0 Å². The SMILES string of the molecule is Cc1sc(NC(=O)c2ccccc2)c([C@@H](c2cccnc2)[NH+]2CCOCC2)c1C. The van der Waals surface area contributed by atoms with Gasteiger partial charge in [-0.15, -0.1) is 11.3 Å². The first-order chi connectivity index (χ1) is 14.1. The zero-order chi connectivity index (χ0) is 20.2. The maximum atomic E-state index is 12.9. The Balaban J connectivity index is 1.75. The van der Waals surface area contributed by atoms with Gasteiger partial charge in [0, 0.05) is 28.4 Å². The fourth-order valence-corrected chi connectivity index (χ4v) is 5.02. The summed E-state index contributed by atoms with van der Waals surface area (Å²) in [4.78, 5) is 19.9. The maximum absolute atomic E-state index is 12.9. The molecule has 1 saturated heterocycles. The van der Waals surface area contributed by atoms with E-state index in [1.54, 1.807) is 17.5 Å². The number of carbonyl (C=O) groups excluding carboxylic acids is 1. The van der Waals surface area contributed by atoms with E-state index >= 15 is 0 Å². The summed E-state index contributed by atoms with van der Waals surface area (Å²) in [5.41, 5.74) is 4.27. The molecule has 1 fully saturated rings. The zero-order valence-electron chi connectivity index (χ0n) is 16.8. The second kappa shape index (κ2) is 8.86. The predicted octanol–water partition coefficient (Wildman–Crippen LogP) is 3.02. The normalized spacial score (nSPS) is 15.8. The molecule has 2 aromatic heterocycles. The van der Waals surface area contributed by atoms with Crippen molar-refractivity contribution in [2.75, 3.05) is 31.6 Å². The van der Waals surface area contributed by atoms with Crippen LogP contribution in [0, 0.1) is 13.8 Å². The first kappa shape index (κ1) is 19.8. The Morgan fingerprint density at radius 2 is 1.90 bits per heavy atom. The lowest BCUT2D eigenvalue weighted by Gasteiger charge is -2.32. The number of hydrogen-bond donors (Lipinski definition) is 2. The summed E-state index contributed by atoms with van der Waals surface area (Å²) < 4.78 is 5.61. The highest BCUT2D eigenvalue weighted by molar-refractivity contribution is 7.16. The van der Waals surface area contributed by atoms with Crippen LogP contribution in [0.5, 0.6) is 0 Å². The molecule has 150 valence electrons. The van der Waals surface area contributed by atoms with Crippen LogP contribution in [0.2, 0.25) is 0 Å². The Morgan fingerprint density at radius 3 is 2.59 bits per heavy atom. The van der Waals surface area contributed by atoms with Gasteiger partial charge in [0.1, 0.15) is 24.1 Å². The second-order valence-electron chi connectivity index (χ2n) is 7.34. The Morgan fingerprint density at radius 1 is 1.14 bits per heavy atom. The minimum absolute atomic E-state index is 0.0741. The van der Waals surface area contributed by atoms with Gasteiger partial charge in [0.25, 0.3) is 5.91 Å². The lowest BCUT2D eigenvalue weighted by molar-refractivity contribution is -0.933. The number of ether oxygens (including phenoxy) is 1. The number of anilines is 1. The van der Waals surface area contributed by atoms with E-state index < -0.39 is 0 Å². The van der Waals surface area contributed by atoms with Crippen molar-refractivity contribution in [3.63, 3.8) is 0 Å². The van der Waals surface area contributed by atoms with Crippen molar-refractivity contribution >= 4 is 22.2 Å². The number of carbonyl (C=O) groups is 1. The van der Waals surface area contributed by atoms with E-state index in [4.69, 9.17) is 4.74 Å². The highest BCUT2D eigenvalue weighted by atomic mass is 32.1. The predicted molar refractivity (Wildman–Crippen MR) is 116 cm³/mol. The quantitative estimate of drug-likeness (QED) is 0.682. The summed E-state index contributed by atoms with van der Waals surface area (Å²) in [6.45, 7) is 7.64. The Bertz CT molecular complexity index is 967. The number of quaternary nitrogens is 1. The van der Waals surface area contributed by atoms with Crippen LogP contribution in [0.25, 0.3) is 0 Å². The molecule has 5 nitrogen and oxygen atoms in total. The number of morpholine rings is 1. The van der Waals surface area contributed by atoms with Gasteiger partial charge in [-0.25, -0.2) is 0 Å². The molecule has 0 spiro atoms. The number of aryl methyl sites for hydroxylation is 1. The minimum Gasteiger partial charge on any atom is -0.370 e. The summed E-state index contributed by atoms with van der Waals surface area (Å²) in [6, 6.07) is 13.6. The van der Waals surface area contributed by atoms with Gasteiger partial charge < -0.3 is 15.0 Å². The van der Waals surface area contributed by atoms with Gasteiger partial charge in [-0.05, 0) is 43.7 Å². The third kappa shape index (κ3) is 4.24. The lowest BCUT2D eigenvalue weighted by atomic mass is 9.95. The molecule has 6 heteroatoms. The largest absolute Gasteiger partial charge is 0.370 e. The zero-order valence-corrected chi connectivity index (χ0v) is 17.6. The molecule has 0 aliphatic carbocycles. The summed E-state index contributed by atoms with van der Waals surface area (Å²) in [6.07, 6.45) is 3.75. The average molecular weight is 409 g/mol. The van der Waals surface area contributed by atoms with Crippen molar-refractivity contribution in [2.45, 2.75) is 19.9 Å². The van der Waals surface area contributed by atoms with Crippen molar-refractivity contribution < 1.29 is 14.4 Å². The number of nitrogens with one attached hydrogen (secondary N) is 2. The van der Waals surface area contributed by atoms with E-state index in [9.17, 15) is 4.79 Å². The van der Waals surface area contributed by atoms with Crippen LogP contribution >= 0.6 is 11.3 Å². The van der Waals surface area contributed by atoms with Gasteiger partial charge in [0.05, 0.1) is 18.8 Å². The third-order valence-electron chi connectivity index (χ3n) is 5.54. The molecule has 1 aliphatic heterocycles. The molecule has 3 heterocycles. The second-order valence-corrected chi connectivity index (χ2v) is 8.56. The fourth-order valence-electron chi connectivity index (χ4n) is 3.93. The summed E-state index contributed by atoms with van der Waals surface area (Å²) in [7, 11) is 0. The van der Waals surface area contributed by atoms with Crippen LogP contribution in [-0.4, -0.2) is 37.2 Å². The van der Waals surface area contributed by atoms with Crippen LogP contribution < -0.4 is 10.2 Å². The number of pyridine rings is 1. The summed E-state index contributed by atoms with van der Waals surface area (Å²) in [5.74, 6) is -0.0741. The number of benzene rings is 1. The van der Waals surface area contributed by atoms with Crippen molar-refractivity contribution in [3.05, 3.63) is 82.0 Å². The first-order valence-corrected chi connectivity index (χ1v) is 10.8. The lowest BCUT2D eigenvalue weighted by Crippen LogP contribution is -3.14. The van der Waals surface area contributed by atoms with Gasteiger partial charge in [0.2, 0.25) is 0 Å². The number of hydrogen-bond acceptors (Lipinski definition) is 4. The Labute approximate surface area is 175 Å². The van der Waals surface area contributed by atoms with E-state index in [2.05, 4.69) is 30.2 Å². The van der Waals surface area contributed by atoms with E-state index in [-0.39, 0.29) is 11.9 Å². The molecular formula is C23H26N3O2S+. The van der Waals surface area contributed by atoms with E-state index in [1.807, 2.05) is 42.6 Å². The molecule has 29 heavy (non-hydrogen) atoms. The molecule has 0 bridgehead atoms. The Kier molecular flexibility index (Phi) is 6.04. The smallest absolute Gasteiger partial charge is 0.256 e. The monoisotopic (exact) mass is 408 g/mol. The van der Waals surface area contributed by atoms with Gasteiger partial charge in [-0.1, -0.05) is 18.2 Å². The van der Waals surface area contributed by atoms with Crippen molar-refractivity contribution in [2.24, 2.45) is 0 Å². The van der Waals surface area contributed by atoms with Gasteiger partial charge in [-0.2, -0.15) is 0 Å². The molecular weight excluding hydrogens is 382 g/mol. The summed E-state index contributed by atoms with van der Waals surface area (Å²) in [5, 5.41) is 4.12. The van der Waals surface area contributed by atoms with Crippen molar-refractivity contribution in [3.8, 4) is 0 Å². The molecule has 1 atom stereocenters. The first-order valence-electron chi connectivity index (χ1n) is 9.93. The number of nitrogens with zero attached hydrogens (tertiary/aromatic N) is 1. The fraction of sp³-hybridized carbons (Fsp3) is 0.304. The molecule has 1 aromatic carbocycles. The molecule has 0 radical (unpaired) electrons. The van der Waals surface area contributed by atoms with Crippen LogP contribution in [0.15, 0.2) is 54.9 Å². The van der Waals surface area contributed by atoms with E-state index in [1.165, 1.54) is 26.5 Å². The highest BCUT2D eigenvalue weighted by Gasteiger charge is 2.33. The molecule has 0 saturated carbocycles. The third-order valence-corrected chi connectivity index (χ3v) is 6.68. The summed E-state index contributed by atoms with van der Waals surface area (Å²) >= 11 is 1.65.